The van der Waals surface area contributed by atoms with E-state index in [9.17, 15) is 21.6 Å². The molecule has 0 atom stereocenters. The van der Waals surface area contributed by atoms with E-state index >= 15 is 0 Å². The van der Waals surface area contributed by atoms with Crippen molar-refractivity contribution in [1.29, 1.82) is 0 Å². The Balaban J connectivity index is 1.70. The predicted molar refractivity (Wildman–Crippen MR) is 81.2 cm³/mol. The summed E-state index contributed by atoms with van der Waals surface area (Å²) >= 11 is 0. The molecule has 2 aromatic heterocycles. The molecule has 0 aromatic carbocycles. The normalized spacial score (nSPS) is 17.0. The first kappa shape index (κ1) is 17.6. The average molecular weight is 377 g/mol. The van der Waals surface area contributed by atoms with Crippen LogP contribution in [0.15, 0.2) is 22.9 Å². The number of nitrogens with zero attached hydrogens (tertiary/aromatic N) is 5. The number of hydrogen-bond acceptors (Lipinski definition) is 7. The van der Waals surface area contributed by atoms with E-state index in [4.69, 9.17) is 0 Å². The first-order valence-corrected chi connectivity index (χ1v) is 9.07. The number of sulfonamides is 1. The van der Waals surface area contributed by atoms with Crippen molar-refractivity contribution >= 4 is 15.8 Å². The van der Waals surface area contributed by atoms with Gasteiger partial charge in [0.1, 0.15) is 5.82 Å². The van der Waals surface area contributed by atoms with Crippen LogP contribution in [0.4, 0.5) is 19.0 Å². The van der Waals surface area contributed by atoms with Crippen molar-refractivity contribution in [2.24, 2.45) is 0 Å². The lowest BCUT2D eigenvalue weighted by molar-refractivity contribution is -0.159. The summed E-state index contributed by atoms with van der Waals surface area (Å²) in [5.41, 5.74) is 0.290. The molecule has 2 aromatic rings. The maximum Gasteiger partial charge on any atom is 0.471 e. The molecule has 8 nitrogen and oxygen atoms in total. The average Bonchev–Trinajstić information content (AvgIpc) is 3.05. The Hall–Kier alpha value is -2.21. The highest BCUT2D eigenvalue weighted by atomic mass is 32.2. The largest absolute Gasteiger partial charge is 0.471 e. The SMILES string of the molecule is CS(=O)(=O)N1CCN(c2ccc(-c3noc(C(F)(F)F)n3)cn2)CC1. The molecule has 0 N–H and O–H groups in total. The minimum atomic E-state index is -4.70. The van der Waals surface area contributed by atoms with Crippen LogP contribution in [0.2, 0.25) is 0 Å². The van der Waals surface area contributed by atoms with Gasteiger partial charge < -0.3 is 9.42 Å². The highest BCUT2D eigenvalue weighted by molar-refractivity contribution is 7.88. The highest BCUT2D eigenvalue weighted by Crippen LogP contribution is 2.29. The summed E-state index contributed by atoms with van der Waals surface area (Å²) in [7, 11) is -3.22. The van der Waals surface area contributed by atoms with Crippen molar-refractivity contribution in [1.82, 2.24) is 19.4 Å². The van der Waals surface area contributed by atoms with Crippen molar-refractivity contribution in [3.05, 3.63) is 24.2 Å². The lowest BCUT2D eigenvalue weighted by Gasteiger charge is -2.33. The maximum absolute atomic E-state index is 12.5. The second kappa shape index (κ2) is 6.26. The third-order valence-corrected chi connectivity index (χ3v) is 5.01. The Morgan fingerprint density at radius 2 is 1.84 bits per heavy atom. The van der Waals surface area contributed by atoms with E-state index in [1.54, 1.807) is 6.07 Å². The predicted octanol–water partition coefficient (Wildman–Crippen LogP) is 1.23. The molecular formula is C13H14F3N5O3S. The number of piperazine rings is 1. The summed E-state index contributed by atoms with van der Waals surface area (Å²) in [6.45, 7) is 1.64. The second-order valence-corrected chi connectivity index (χ2v) is 7.46. The first-order chi connectivity index (χ1) is 11.6. The lowest BCUT2D eigenvalue weighted by atomic mass is 10.2. The molecule has 1 aliphatic heterocycles. The molecule has 0 saturated carbocycles. The van der Waals surface area contributed by atoms with E-state index in [0.29, 0.717) is 32.0 Å². The summed E-state index contributed by atoms with van der Waals surface area (Å²) in [6.07, 6.45) is -2.18. The van der Waals surface area contributed by atoms with E-state index in [1.807, 2.05) is 4.90 Å². The molecule has 1 fully saturated rings. The van der Waals surface area contributed by atoms with Gasteiger partial charge in [-0.1, -0.05) is 5.16 Å². The Bertz CT molecular complexity index is 843. The van der Waals surface area contributed by atoms with Gasteiger partial charge in [-0.15, -0.1) is 0 Å². The van der Waals surface area contributed by atoms with E-state index in [1.165, 1.54) is 16.6 Å². The van der Waals surface area contributed by atoms with Gasteiger partial charge in [-0.05, 0) is 12.1 Å². The smallest absolute Gasteiger partial charge is 0.354 e. The standard InChI is InChI=1S/C13H14F3N5O3S/c1-25(22,23)21-6-4-20(5-7-21)10-3-2-9(8-17-10)11-18-12(24-19-11)13(14,15)16/h2-3,8H,4-7H2,1H3. The van der Waals surface area contributed by atoms with Crippen LogP contribution in [0.5, 0.6) is 0 Å². The lowest BCUT2D eigenvalue weighted by Crippen LogP contribution is -2.48. The molecular weight excluding hydrogens is 363 g/mol. The zero-order valence-corrected chi connectivity index (χ0v) is 13.9. The number of alkyl halides is 3. The summed E-state index contributed by atoms with van der Waals surface area (Å²) in [6, 6.07) is 3.16. The molecule has 0 spiro atoms. The van der Waals surface area contributed by atoms with Crippen molar-refractivity contribution in [2.45, 2.75) is 6.18 Å². The molecule has 0 amide bonds. The van der Waals surface area contributed by atoms with Gasteiger partial charge in [0.2, 0.25) is 15.8 Å². The molecule has 136 valence electrons. The number of hydrogen-bond donors (Lipinski definition) is 0. The summed E-state index contributed by atoms with van der Waals surface area (Å²) in [5, 5.41) is 3.30. The fourth-order valence-electron chi connectivity index (χ4n) is 2.41. The van der Waals surface area contributed by atoms with Crippen LogP contribution >= 0.6 is 0 Å². The van der Waals surface area contributed by atoms with Crippen LogP contribution in [-0.4, -0.2) is 60.3 Å². The van der Waals surface area contributed by atoms with Crippen molar-refractivity contribution < 1.29 is 26.1 Å². The Kier molecular flexibility index (Phi) is 4.41. The van der Waals surface area contributed by atoms with Crippen molar-refractivity contribution in [3.63, 3.8) is 0 Å². The van der Waals surface area contributed by atoms with Gasteiger partial charge in [0.15, 0.2) is 0 Å². The van der Waals surface area contributed by atoms with Crippen LogP contribution in [0, 0.1) is 0 Å². The van der Waals surface area contributed by atoms with E-state index in [0.717, 1.165) is 6.26 Å². The zero-order chi connectivity index (χ0) is 18.2. The second-order valence-electron chi connectivity index (χ2n) is 5.48. The molecule has 0 unspecified atom stereocenters. The fraction of sp³-hybridized carbons (Fsp3) is 0.462. The molecule has 0 aliphatic carbocycles. The molecule has 1 saturated heterocycles. The first-order valence-electron chi connectivity index (χ1n) is 7.22. The third kappa shape index (κ3) is 3.90. The van der Waals surface area contributed by atoms with Crippen LogP contribution < -0.4 is 4.90 Å². The Morgan fingerprint density at radius 3 is 2.32 bits per heavy atom. The van der Waals surface area contributed by atoms with Crippen LogP contribution in [0.1, 0.15) is 5.89 Å². The van der Waals surface area contributed by atoms with Gasteiger partial charge >= 0.3 is 12.1 Å². The molecule has 0 bridgehead atoms. The summed E-state index contributed by atoms with van der Waals surface area (Å²) < 4.78 is 66.0. The number of pyridine rings is 1. The summed E-state index contributed by atoms with van der Waals surface area (Å²) in [5.74, 6) is -1.02. The highest BCUT2D eigenvalue weighted by Gasteiger charge is 2.38. The minimum absolute atomic E-state index is 0.201. The van der Waals surface area contributed by atoms with Crippen molar-refractivity contribution in [3.8, 4) is 11.4 Å². The molecule has 25 heavy (non-hydrogen) atoms. The Morgan fingerprint density at radius 1 is 1.16 bits per heavy atom. The van der Waals surface area contributed by atoms with Gasteiger partial charge in [-0.25, -0.2) is 13.4 Å². The van der Waals surface area contributed by atoms with Crippen LogP contribution in [0.25, 0.3) is 11.4 Å². The minimum Gasteiger partial charge on any atom is -0.354 e. The number of rotatable bonds is 3. The maximum atomic E-state index is 12.5. The molecule has 3 rings (SSSR count). The number of aromatic nitrogens is 3. The monoisotopic (exact) mass is 377 g/mol. The molecule has 12 heteroatoms. The van der Waals surface area contributed by atoms with E-state index in [2.05, 4.69) is 19.6 Å². The van der Waals surface area contributed by atoms with Gasteiger partial charge in [0, 0.05) is 37.9 Å². The molecule has 3 heterocycles. The third-order valence-electron chi connectivity index (χ3n) is 3.71. The summed E-state index contributed by atoms with van der Waals surface area (Å²) in [4.78, 5) is 9.39. The van der Waals surface area contributed by atoms with Gasteiger partial charge in [0.25, 0.3) is 0 Å². The number of anilines is 1. The zero-order valence-electron chi connectivity index (χ0n) is 13.1. The molecule has 1 aliphatic rings. The number of halogens is 3. The quantitative estimate of drug-likeness (QED) is 0.794. The van der Waals surface area contributed by atoms with E-state index in [-0.39, 0.29) is 11.4 Å². The van der Waals surface area contributed by atoms with Gasteiger partial charge in [-0.3, -0.25) is 0 Å². The van der Waals surface area contributed by atoms with Gasteiger partial charge in [0.05, 0.1) is 6.26 Å². The fourth-order valence-corrected chi connectivity index (χ4v) is 3.24. The van der Waals surface area contributed by atoms with Gasteiger partial charge in [-0.2, -0.15) is 22.5 Å². The van der Waals surface area contributed by atoms with Crippen LogP contribution in [0.3, 0.4) is 0 Å². The molecule has 0 radical (unpaired) electrons. The van der Waals surface area contributed by atoms with E-state index < -0.39 is 22.1 Å². The Labute approximate surface area is 141 Å². The van der Waals surface area contributed by atoms with Crippen molar-refractivity contribution in [2.75, 3.05) is 37.3 Å². The van der Waals surface area contributed by atoms with Crippen LogP contribution in [-0.2, 0) is 16.2 Å². The topological polar surface area (TPSA) is 92.4 Å².